The van der Waals surface area contributed by atoms with Gasteiger partial charge in [0.05, 0.1) is 10.7 Å². The van der Waals surface area contributed by atoms with Crippen LogP contribution in [0.1, 0.15) is 16.4 Å². The molecule has 0 saturated heterocycles. The van der Waals surface area contributed by atoms with E-state index >= 15 is 0 Å². The number of hydrogen-bond donors (Lipinski definition) is 2. The van der Waals surface area contributed by atoms with Crippen molar-refractivity contribution in [1.29, 1.82) is 0 Å². The highest BCUT2D eigenvalue weighted by atomic mass is 35.5. The fourth-order valence-electron chi connectivity index (χ4n) is 1.89. The lowest BCUT2D eigenvalue weighted by Crippen LogP contribution is -2.19. The van der Waals surface area contributed by atoms with E-state index in [9.17, 15) is 4.39 Å². The molecule has 3 aromatic rings. The SMILES string of the molecule is NC(=Nc1ccc(F)c(Cl)c1)c1nonc1CNCc1nccs1. The molecule has 7 nitrogen and oxygen atoms in total. The molecular formula is C14H12ClFN6OS. The molecule has 2 heterocycles. The molecule has 0 fully saturated rings. The molecule has 0 amide bonds. The lowest BCUT2D eigenvalue weighted by Gasteiger charge is -2.02. The molecule has 0 unspecified atom stereocenters. The van der Waals surface area contributed by atoms with Crippen LogP contribution in [0.2, 0.25) is 5.02 Å². The minimum Gasteiger partial charge on any atom is -0.382 e. The summed E-state index contributed by atoms with van der Waals surface area (Å²) in [6.07, 6.45) is 1.74. The number of hydrogen-bond acceptors (Lipinski definition) is 7. The monoisotopic (exact) mass is 366 g/mol. The van der Waals surface area contributed by atoms with Crippen molar-refractivity contribution < 1.29 is 9.02 Å². The van der Waals surface area contributed by atoms with Gasteiger partial charge in [-0.25, -0.2) is 19.0 Å². The van der Waals surface area contributed by atoms with Gasteiger partial charge in [-0.15, -0.1) is 11.3 Å². The molecule has 2 aromatic heterocycles. The number of aromatic nitrogens is 3. The van der Waals surface area contributed by atoms with Gasteiger partial charge >= 0.3 is 0 Å². The van der Waals surface area contributed by atoms with E-state index in [0.717, 1.165) is 5.01 Å². The molecule has 0 bridgehead atoms. The Kier molecular flexibility index (Phi) is 5.14. The number of thiazole rings is 1. The van der Waals surface area contributed by atoms with Gasteiger partial charge in [-0.3, -0.25) is 0 Å². The first-order valence-electron chi connectivity index (χ1n) is 6.83. The van der Waals surface area contributed by atoms with Crippen LogP contribution in [0.4, 0.5) is 10.1 Å². The standard InChI is InChI=1S/C14H12ClFN6OS/c15-9-5-8(1-2-10(9)16)20-14(17)13-11(21-23-22-13)6-18-7-12-19-3-4-24-12/h1-5,18H,6-7H2,(H2,17,20). The van der Waals surface area contributed by atoms with Crippen LogP contribution in [0.5, 0.6) is 0 Å². The largest absolute Gasteiger partial charge is 0.382 e. The highest BCUT2D eigenvalue weighted by Gasteiger charge is 2.14. The molecule has 0 saturated carbocycles. The summed E-state index contributed by atoms with van der Waals surface area (Å²) in [5, 5.41) is 13.6. The summed E-state index contributed by atoms with van der Waals surface area (Å²) in [5.74, 6) is -0.422. The van der Waals surface area contributed by atoms with Crippen LogP contribution >= 0.6 is 22.9 Å². The van der Waals surface area contributed by atoms with Crippen LogP contribution < -0.4 is 11.1 Å². The third-order valence-corrected chi connectivity index (χ3v) is 4.07. The molecule has 0 spiro atoms. The Labute approximate surface area is 145 Å². The van der Waals surface area contributed by atoms with Gasteiger partial charge in [-0.05, 0) is 23.4 Å². The summed E-state index contributed by atoms with van der Waals surface area (Å²) >= 11 is 7.27. The van der Waals surface area contributed by atoms with Crippen molar-refractivity contribution in [2.75, 3.05) is 0 Å². The number of nitrogens with two attached hydrogens (primary N) is 1. The van der Waals surface area contributed by atoms with E-state index in [1.807, 2.05) is 5.38 Å². The predicted octanol–water partition coefficient (Wildman–Crippen LogP) is 2.65. The molecule has 0 atom stereocenters. The molecule has 0 aliphatic heterocycles. The van der Waals surface area contributed by atoms with Crippen LogP contribution in [-0.4, -0.2) is 21.1 Å². The lowest BCUT2D eigenvalue weighted by atomic mass is 10.2. The van der Waals surface area contributed by atoms with Gasteiger partial charge < -0.3 is 11.1 Å². The Balaban J connectivity index is 1.71. The minimum absolute atomic E-state index is 0.0346. The fraction of sp³-hybridized carbons (Fsp3) is 0.143. The fourth-order valence-corrected chi connectivity index (χ4v) is 2.65. The van der Waals surface area contributed by atoms with Crippen LogP contribution in [0.3, 0.4) is 0 Å². The number of halogens is 2. The summed E-state index contributed by atoms with van der Waals surface area (Å²) < 4.78 is 17.9. The summed E-state index contributed by atoms with van der Waals surface area (Å²) in [6.45, 7) is 0.980. The molecule has 0 aliphatic rings. The van der Waals surface area contributed by atoms with Gasteiger partial charge in [0.2, 0.25) is 0 Å². The molecular weight excluding hydrogens is 355 g/mol. The van der Waals surface area contributed by atoms with E-state index in [-0.39, 0.29) is 10.9 Å². The van der Waals surface area contributed by atoms with Crippen molar-refractivity contribution in [1.82, 2.24) is 20.6 Å². The number of rotatable bonds is 6. The summed E-state index contributed by atoms with van der Waals surface area (Å²) in [4.78, 5) is 8.33. The zero-order valence-electron chi connectivity index (χ0n) is 12.2. The van der Waals surface area contributed by atoms with Crippen LogP contribution in [0.15, 0.2) is 39.4 Å². The Hall–Kier alpha value is -2.36. The number of nitrogens with zero attached hydrogens (tertiary/aromatic N) is 4. The zero-order valence-corrected chi connectivity index (χ0v) is 13.8. The number of aliphatic imine (C=N–C) groups is 1. The van der Waals surface area contributed by atoms with E-state index in [0.29, 0.717) is 30.2 Å². The molecule has 3 rings (SSSR count). The van der Waals surface area contributed by atoms with Gasteiger partial charge in [0, 0.05) is 24.7 Å². The molecule has 0 radical (unpaired) electrons. The summed E-state index contributed by atoms with van der Waals surface area (Å²) in [5.41, 5.74) is 7.18. The second kappa shape index (κ2) is 7.47. The first-order valence-corrected chi connectivity index (χ1v) is 8.09. The molecule has 10 heteroatoms. The first-order chi connectivity index (χ1) is 11.6. The average Bonchev–Trinajstić information content (AvgIpc) is 3.22. The average molecular weight is 367 g/mol. The van der Waals surface area contributed by atoms with Gasteiger partial charge in [-0.1, -0.05) is 16.8 Å². The molecule has 0 aliphatic carbocycles. The molecule has 1 aromatic carbocycles. The summed E-state index contributed by atoms with van der Waals surface area (Å²) in [6, 6.07) is 4.05. The third kappa shape index (κ3) is 3.94. The lowest BCUT2D eigenvalue weighted by molar-refractivity contribution is 0.301. The van der Waals surface area contributed by atoms with Crippen molar-refractivity contribution in [2.24, 2.45) is 10.7 Å². The third-order valence-electron chi connectivity index (χ3n) is 3.00. The van der Waals surface area contributed by atoms with Crippen molar-refractivity contribution in [3.05, 3.63) is 57.0 Å². The van der Waals surface area contributed by atoms with Gasteiger partial charge in [-0.2, -0.15) is 0 Å². The van der Waals surface area contributed by atoms with E-state index < -0.39 is 5.82 Å². The number of benzene rings is 1. The van der Waals surface area contributed by atoms with Gasteiger partial charge in [0.1, 0.15) is 16.5 Å². The van der Waals surface area contributed by atoms with E-state index in [1.54, 1.807) is 17.5 Å². The predicted molar refractivity (Wildman–Crippen MR) is 88.8 cm³/mol. The maximum absolute atomic E-state index is 13.2. The van der Waals surface area contributed by atoms with Crippen molar-refractivity contribution in [3.63, 3.8) is 0 Å². The van der Waals surface area contributed by atoms with E-state index in [2.05, 4.69) is 25.6 Å². The van der Waals surface area contributed by atoms with E-state index in [1.165, 1.54) is 18.2 Å². The topological polar surface area (TPSA) is 102 Å². The summed E-state index contributed by atoms with van der Waals surface area (Å²) in [7, 11) is 0. The Morgan fingerprint density at radius 1 is 1.38 bits per heavy atom. The van der Waals surface area contributed by atoms with Crippen molar-refractivity contribution >= 4 is 34.5 Å². The maximum Gasteiger partial charge on any atom is 0.174 e. The number of nitrogens with one attached hydrogen (secondary N) is 1. The normalized spacial score (nSPS) is 11.8. The first kappa shape index (κ1) is 16.5. The maximum atomic E-state index is 13.2. The van der Waals surface area contributed by atoms with Crippen molar-refractivity contribution in [3.8, 4) is 0 Å². The van der Waals surface area contributed by atoms with Crippen molar-refractivity contribution in [2.45, 2.75) is 13.1 Å². The van der Waals surface area contributed by atoms with Gasteiger partial charge in [0.15, 0.2) is 11.5 Å². The number of amidine groups is 1. The van der Waals surface area contributed by atoms with Crippen LogP contribution in [-0.2, 0) is 13.1 Å². The van der Waals surface area contributed by atoms with Crippen LogP contribution in [0, 0.1) is 5.82 Å². The Morgan fingerprint density at radius 3 is 3.00 bits per heavy atom. The minimum atomic E-state index is -0.524. The second-order valence-corrected chi connectivity index (χ2v) is 6.07. The molecule has 3 N–H and O–H groups in total. The second-order valence-electron chi connectivity index (χ2n) is 4.68. The Bertz CT molecular complexity index is 851. The molecule has 24 heavy (non-hydrogen) atoms. The highest BCUT2D eigenvalue weighted by Crippen LogP contribution is 2.22. The highest BCUT2D eigenvalue weighted by molar-refractivity contribution is 7.09. The van der Waals surface area contributed by atoms with Crippen LogP contribution in [0.25, 0.3) is 0 Å². The zero-order chi connectivity index (χ0) is 16.9. The van der Waals surface area contributed by atoms with Gasteiger partial charge in [0.25, 0.3) is 0 Å². The van der Waals surface area contributed by atoms with E-state index in [4.69, 9.17) is 22.0 Å². The molecule has 124 valence electrons. The quantitative estimate of drug-likeness (QED) is 0.513. The smallest absolute Gasteiger partial charge is 0.174 e. The Morgan fingerprint density at radius 2 is 2.25 bits per heavy atom.